The zero-order valence-corrected chi connectivity index (χ0v) is 16.8. The monoisotopic (exact) mass is 394 g/mol. The summed E-state index contributed by atoms with van der Waals surface area (Å²) in [6.07, 6.45) is 0.545. The lowest BCUT2D eigenvalue weighted by molar-refractivity contribution is -0.178. The van der Waals surface area contributed by atoms with Gasteiger partial charge >= 0.3 is 0 Å². The first-order valence-electron chi connectivity index (χ1n) is 7.73. The highest BCUT2D eigenvalue weighted by atomic mass is 35.5. The molecule has 2 atom stereocenters. The van der Waals surface area contributed by atoms with Crippen molar-refractivity contribution in [1.29, 1.82) is 0 Å². The summed E-state index contributed by atoms with van der Waals surface area (Å²) in [5.74, 6) is -0.0884. The molecule has 0 bridgehead atoms. The molecule has 4 nitrogen and oxygen atoms in total. The number of carbonyl (C=O) groups excluding carboxylic acids is 1. The van der Waals surface area contributed by atoms with Crippen LogP contribution in [0, 0.1) is 5.41 Å². The van der Waals surface area contributed by atoms with Crippen molar-refractivity contribution in [1.82, 2.24) is 4.90 Å². The van der Waals surface area contributed by atoms with Crippen molar-refractivity contribution in [3.05, 3.63) is 33.8 Å². The number of hydrogen-bond donors (Lipinski definition) is 1. The third kappa shape index (κ3) is 3.83. The smallest absolute Gasteiger partial charge is 0.243 e. The third-order valence-corrected chi connectivity index (χ3v) is 5.34. The number of nitrogens with zero attached hydrogens (tertiary/aromatic N) is 1. The van der Waals surface area contributed by atoms with Crippen molar-refractivity contribution in [3.8, 4) is 0 Å². The van der Waals surface area contributed by atoms with Gasteiger partial charge in [0.05, 0.1) is 6.10 Å². The van der Waals surface area contributed by atoms with E-state index in [2.05, 4.69) is 0 Å². The molecule has 0 spiro atoms. The number of benzene rings is 1. The van der Waals surface area contributed by atoms with Crippen LogP contribution in [0.3, 0.4) is 0 Å². The van der Waals surface area contributed by atoms with Crippen molar-refractivity contribution < 1.29 is 9.53 Å². The third-order valence-electron chi connectivity index (χ3n) is 4.90. The SMILES string of the molecule is CCOC1CC(N)(C(=O)N(C)Cc2cc(Cl)cc(Cl)c2)C1(C)C.Cl. The predicted molar refractivity (Wildman–Crippen MR) is 101 cm³/mol. The summed E-state index contributed by atoms with van der Waals surface area (Å²) < 4.78 is 5.68. The summed E-state index contributed by atoms with van der Waals surface area (Å²) in [5.41, 5.74) is 6.00. The van der Waals surface area contributed by atoms with Gasteiger partial charge in [0.15, 0.2) is 0 Å². The maximum Gasteiger partial charge on any atom is 0.243 e. The summed E-state index contributed by atoms with van der Waals surface area (Å²) in [7, 11) is 1.75. The van der Waals surface area contributed by atoms with Crippen LogP contribution >= 0.6 is 35.6 Å². The first-order chi connectivity index (χ1) is 10.6. The molecule has 2 N–H and O–H groups in total. The summed E-state index contributed by atoms with van der Waals surface area (Å²) in [5, 5.41) is 1.10. The minimum Gasteiger partial charge on any atom is -0.378 e. The molecule has 1 aliphatic carbocycles. The molecule has 0 saturated heterocycles. The molecule has 1 saturated carbocycles. The molecule has 24 heavy (non-hydrogen) atoms. The van der Waals surface area contributed by atoms with Gasteiger partial charge < -0.3 is 15.4 Å². The molecule has 7 heteroatoms. The van der Waals surface area contributed by atoms with Crippen molar-refractivity contribution in [2.45, 2.75) is 45.4 Å². The topological polar surface area (TPSA) is 55.6 Å². The van der Waals surface area contributed by atoms with Crippen LogP contribution < -0.4 is 5.73 Å². The second-order valence-corrected chi connectivity index (χ2v) is 7.65. The Morgan fingerprint density at radius 2 is 1.88 bits per heavy atom. The number of hydrogen-bond acceptors (Lipinski definition) is 3. The van der Waals surface area contributed by atoms with Gasteiger partial charge in [0.25, 0.3) is 0 Å². The molecule has 0 aliphatic heterocycles. The van der Waals surface area contributed by atoms with Crippen LogP contribution in [0.4, 0.5) is 0 Å². The highest BCUT2D eigenvalue weighted by Crippen LogP contribution is 2.50. The lowest BCUT2D eigenvalue weighted by Crippen LogP contribution is -2.75. The molecule has 1 aromatic carbocycles. The molecule has 1 fully saturated rings. The van der Waals surface area contributed by atoms with E-state index in [0.717, 1.165) is 5.56 Å². The maximum atomic E-state index is 12.9. The molecule has 0 radical (unpaired) electrons. The fourth-order valence-electron chi connectivity index (χ4n) is 3.19. The van der Waals surface area contributed by atoms with Gasteiger partial charge in [0, 0.05) is 42.1 Å². The van der Waals surface area contributed by atoms with Gasteiger partial charge in [0.2, 0.25) is 5.91 Å². The van der Waals surface area contributed by atoms with E-state index >= 15 is 0 Å². The fourth-order valence-corrected chi connectivity index (χ4v) is 3.76. The Labute approximate surface area is 160 Å². The van der Waals surface area contributed by atoms with Gasteiger partial charge in [-0.15, -0.1) is 12.4 Å². The lowest BCUT2D eigenvalue weighted by atomic mass is 9.54. The molecular weight excluding hydrogens is 371 g/mol. The van der Waals surface area contributed by atoms with E-state index in [1.54, 1.807) is 30.1 Å². The molecule has 1 amide bonds. The van der Waals surface area contributed by atoms with E-state index in [0.29, 0.717) is 29.6 Å². The molecule has 1 aromatic rings. The Bertz CT molecular complexity index is 589. The quantitative estimate of drug-likeness (QED) is 0.822. The van der Waals surface area contributed by atoms with Crippen LogP contribution in [-0.4, -0.2) is 36.1 Å². The molecule has 2 rings (SSSR count). The van der Waals surface area contributed by atoms with E-state index in [1.807, 2.05) is 20.8 Å². The van der Waals surface area contributed by atoms with Crippen LogP contribution in [0.15, 0.2) is 18.2 Å². The van der Waals surface area contributed by atoms with Crippen molar-refractivity contribution >= 4 is 41.5 Å². The van der Waals surface area contributed by atoms with E-state index in [1.165, 1.54) is 0 Å². The molecule has 1 aliphatic rings. The second-order valence-electron chi connectivity index (χ2n) is 6.78. The van der Waals surface area contributed by atoms with E-state index in [4.69, 9.17) is 33.7 Å². The summed E-state index contributed by atoms with van der Waals surface area (Å²) in [6.45, 7) is 6.95. The van der Waals surface area contributed by atoms with Gasteiger partial charge in [-0.05, 0) is 30.7 Å². The van der Waals surface area contributed by atoms with Crippen LogP contribution in [-0.2, 0) is 16.1 Å². The van der Waals surface area contributed by atoms with Gasteiger partial charge in [-0.1, -0.05) is 37.0 Å². The Kier molecular flexibility index (Phi) is 6.99. The first-order valence-corrected chi connectivity index (χ1v) is 8.48. The Hall–Kier alpha value is -0.520. The van der Waals surface area contributed by atoms with E-state index < -0.39 is 11.0 Å². The molecule has 0 aromatic heterocycles. The largest absolute Gasteiger partial charge is 0.378 e. The highest BCUT2D eigenvalue weighted by molar-refractivity contribution is 6.34. The number of rotatable bonds is 5. The molecule has 2 unspecified atom stereocenters. The average Bonchev–Trinajstić information content (AvgIpc) is 2.44. The number of nitrogens with two attached hydrogens (primary N) is 1. The fraction of sp³-hybridized carbons (Fsp3) is 0.588. The second kappa shape index (κ2) is 7.79. The van der Waals surface area contributed by atoms with Crippen LogP contribution in [0.2, 0.25) is 10.0 Å². The van der Waals surface area contributed by atoms with Crippen LogP contribution in [0.25, 0.3) is 0 Å². The van der Waals surface area contributed by atoms with Gasteiger partial charge in [0.1, 0.15) is 5.54 Å². The number of amides is 1. The van der Waals surface area contributed by atoms with Gasteiger partial charge in [-0.25, -0.2) is 0 Å². The van der Waals surface area contributed by atoms with E-state index in [9.17, 15) is 4.79 Å². The zero-order valence-electron chi connectivity index (χ0n) is 14.4. The Morgan fingerprint density at radius 1 is 1.33 bits per heavy atom. The summed E-state index contributed by atoms with van der Waals surface area (Å²) >= 11 is 12.0. The highest BCUT2D eigenvalue weighted by Gasteiger charge is 2.63. The molecule has 136 valence electrons. The average molecular weight is 396 g/mol. The van der Waals surface area contributed by atoms with Gasteiger partial charge in [-0.3, -0.25) is 4.79 Å². The number of halogens is 3. The molecule has 0 heterocycles. The predicted octanol–water partition coefficient (Wildman–Crippen LogP) is 3.91. The van der Waals surface area contributed by atoms with Crippen LogP contribution in [0.5, 0.6) is 0 Å². The minimum atomic E-state index is -0.913. The van der Waals surface area contributed by atoms with Crippen molar-refractivity contribution in [3.63, 3.8) is 0 Å². The molecular formula is C17H25Cl3N2O2. The van der Waals surface area contributed by atoms with Crippen molar-refractivity contribution in [2.75, 3.05) is 13.7 Å². The Morgan fingerprint density at radius 3 is 2.33 bits per heavy atom. The minimum absolute atomic E-state index is 0. The lowest BCUT2D eigenvalue weighted by Gasteiger charge is -2.58. The summed E-state index contributed by atoms with van der Waals surface area (Å²) in [6, 6.07) is 5.27. The van der Waals surface area contributed by atoms with Gasteiger partial charge in [-0.2, -0.15) is 0 Å². The maximum absolute atomic E-state index is 12.9. The van der Waals surface area contributed by atoms with Crippen molar-refractivity contribution in [2.24, 2.45) is 11.1 Å². The first kappa shape index (κ1) is 21.5. The number of likely N-dealkylation sites (N-methyl/N-ethyl adjacent to an activating group) is 1. The standard InChI is InChI=1S/C17H24Cl2N2O2.ClH/c1-5-23-14-9-17(20,16(14,2)3)15(22)21(4)10-11-6-12(18)8-13(19)7-11;/h6-8,14H,5,9-10,20H2,1-4H3;1H. The van der Waals surface area contributed by atoms with Crippen LogP contribution in [0.1, 0.15) is 32.8 Å². The Balaban J connectivity index is 0.00000288. The normalized spacial score (nSPS) is 24.7. The number of ether oxygens (including phenoxy) is 1. The number of carbonyl (C=O) groups is 1. The summed E-state index contributed by atoms with van der Waals surface area (Å²) in [4.78, 5) is 14.5. The van der Waals surface area contributed by atoms with E-state index in [-0.39, 0.29) is 24.4 Å². The zero-order chi connectivity index (χ0) is 17.4.